The first kappa shape index (κ1) is 18.5. The van der Waals surface area contributed by atoms with E-state index in [4.69, 9.17) is 0 Å². The molecule has 0 saturated carbocycles. The fourth-order valence-electron chi connectivity index (χ4n) is 3.12. The smallest absolute Gasteiger partial charge is 0.240 e. The largest absolute Gasteiger partial charge is 0.325 e. The first-order valence-electron chi connectivity index (χ1n) is 9.05. The van der Waals surface area contributed by atoms with E-state index < -0.39 is 5.25 Å². The molecule has 4 rings (SSSR count). The van der Waals surface area contributed by atoms with Gasteiger partial charge in [0.15, 0.2) is 0 Å². The van der Waals surface area contributed by atoms with Crippen LogP contribution in [0.15, 0.2) is 53.7 Å². The number of hydrogen-bond acceptors (Lipinski definition) is 5. The summed E-state index contributed by atoms with van der Waals surface area (Å²) in [4.78, 5) is 13.1. The van der Waals surface area contributed by atoms with E-state index in [0.717, 1.165) is 17.7 Å². The van der Waals surface area contributed by atoms with Crippen molar-refractivity contribution in [2.45, 2.75) is 36.7 Å². The molecule has 3 aromatic rings. The molecule has 2 aromatic carbocycles. The van der Waals surface area contributed by atoms with Crippen molar-refractivity contribution in [3.63, 3.8) is 0 Å². The third-order valence-electron chi connectivity index (χ3n) is 4.72. The van der Waals surface area contributed by atoms with E-state index in [1.165, 1.54) is 29.5 Å². The minimum absolute atomic E-state index is 0.150. The Morgan fingerprint density at radius 1 is 1.18 bits per heavy atom. The van der Waals surface area contributed by atoms with Crippen molar-refractivity contribution >= 4 is 23.4 Å². The van der Waals surface area contributed by atoms with E-state index in [1.807, 2.05) is 31.2 Å². The summed E-state index contributed by atoms with van der Waals surface area (Å²) >= 11 is 1.34. The van der Waals surface area contributed by atoms with E-state index in [2.05, 4.69) is 27.9 Å². The molecule has 8 heteroatoms. The van der Waals surface area contributed by atoms with Gasteiger partial charge in [0.1, 0.15) is 16.9 Å². The monoisotopic (exact) mass is 397 g/mol. The minimum atomic E-state index is -0.493. The molecule has 0 unspecified atom stereocenters. The van der Waals surface area contributed by atoms with Crippen molar-refractivity contribution in [2.75, 3.05) is 10.7 Å². The number of aryl methyl sites for hydroxylation is 2. The average molecular weight is 397 g/mol. The molecule has 0 bridgehead atoms. The number of nitrogens with zero attached hydrogens (tertiary/aromatic N) is 3. The normalized spacial score (nSPS) is 18.2. The molecule has 1 aromatic heterocycles. The summed E-state index contributed by atoms with van der Waals surface area (Å²) in [5, 5.41) is 11.3. The van der Waals surface area contributed by atoms with Gasteiger partial charge < -0.3 is 10.7 Å². The van der Waals surface area contributed by atoms with Crippen LogP contribution in [0.25, 0.3) is 0 Å². The summed E-state index contributed by atoms with van der Waals surface area (Å²) in [6.45, 7) is 3.92. The number of thioether (sulfide) groups is 1. The molecule has 6 nitrogen and oxygen atoms in total. The topological polar surface area (TPSA) is 71.8 Å². The number of fused-ring (bicyclic) bond motifs is 1. The van der Waals surface area contributed by atoms with Crippen LogP contribution in [0.3, 0.4) is 0 Å². The molecule has 0 aliphatic carbocycles. The Balaban J connectivity index is 1.62. The number of nitrogens with one attached hydrogen (secondary N) is 2. The van der Waals surface area contributed by atoms with Crippen LogP contribution in [0.2, 0.25) is 0 Å². The summed E-state index contributed by atoms with van der Waals surface area (Å²) < 4.78 is 15.1. The fraction of sp³-hybridized carbons (Fsp3) is 0.250. The van der Waals surface area contributed by atoms with Crippen LogP contribution in [-0.4, -0.2) is 26.0 Å². The standard InChI is InChI=1S/C20H20FN5OS/c1-3-13-4-10-16(11-5-13)22-19(27)18-17(14-6-8-15(21)9-7-14)25-26-12(2)23-24-20(26)28-18/h4-11,17-18,25H,3H2,1-2H3,(H,22,27)/t17-,18-/m1/s1. The average Bonchev–Trinajstić information content (AvgIpc) is 3.08. The molecule has 0 fully saturated rings. The summed E-state index contributed by atoms with van der Waals surface area (Å²) in [6, 6.07) is 13.6. The summed E-state index contributed by atoms with van der Waals surface area (Å²) in [6.07, 6.45) is 0.943. The maximum atomic E-state index is 13.4. The number of carbonyl (C=O) groups excluding carboxylic acids is 1. The molecule has 0 spiro atoms. The van der Waals surface area contributed by atoms with Gasteiger partial charge in [0.05, 0.1) is 6.04 Å². The van der Waals surface area contributed by atoms with Gasteiger partial charge in [-0.15, -0.1) is 10.2 Å². The second kappa shape index (κ2) is 7.63. The number of aromatic nitrogens is 3. The highest BCUT2D eigenvalue weighted by molar-refractivity contribution is 8.00. The molecule has 2 N–H and O–H groups in total. The van der Waals surface area contributed by atoms with Crippen molar-refractivity contribution in [1.29, 1.82) is 0 Å². The van der Waals surface area contributed by atoms with Gasteiger partial charge in [0.25, 0.3) is 0 Å². The molecule has 144 valence electrons. The number of halogens is 1. The van der Waals surface area contributed by atoms with Gasteiger partial charge in [-0.25, -0.2) is 9.07 Å². The van der Waals surface area contributed by atoms with E-state index >= 15 is 0 Å². The van der Waals surface area contributed by atoms with Gasteiger partial charge >= 0.3 is 0 Å². The van der Waals surface area contributed by atoms with E-state index in [0.29, 0.717) is 11.0 Å². The third kappa shape index (κ3) is 3.60. The van der Waals surface area contributed by atoms with Crippen molar-refractivity contribution < 1.29 is 9.18 Å². The molecule has 1 amide bonds. The van der Waals surface area contributed by atoms with Crippen LogP contribution in [-0.2, 0) is 11.2 Å². The Bertz CT molecular complexity index is 987. The highest BCUT2D eigenvalue weighted by atomic mass is 32.2. The zero-order valence-corrected chi connectivity index (χ0v) is 16.3. The van der Waals surface area contributed by atoms with Crippen molar-refractivity contribution in [1.82, 2.24) is 14.9 Å². The molecule has 1 aliphatic heterocycles. The molecular formula is C20H20FN5OS. The zero-order chi connectivity index (χ0) is 19.7. The lowest BCUT2D eigenvalue weighted by Gasteiger charge is -2.32. The zero-order valence-electron chi connectivity index (χ0n) is 15.5. The van der Waals surface area contributed by atoms with E-state index in [-0.39, 0.29) is 17.8 Å². The number of amides is 1. The Kier molecular flexibility index (Phi) is 5.04. The van der Waals surface area contributed by atoms with Gasteiger partial charge in [-0.3, -0.25) is 4.79 Å². The summed E-state index contributed by atoms with van der Waals surface area (Å²) in [7, 11) is 0. The lowest BCUT2D eigenvalue weighted by Crippen LogP contribution is -2.41. The fourth-order valence-corrected chi connectivity index (χ4v) is 4.24. The van der Waals surface area contributed by atoms with Crippen LogP contribution in [0.1, 0.15) is 29.9 Å². The molecule has 0 radical (unpaired) electrons. The first-order valence-corrected chi connectivity index (χ1v) is 9.93. The van der Waals surface area contributed by atoms with Crippen molar-refractivity contribution in [3.8, 4) is 0 Å². The van der Waals surface area contributed by atoms with Crippen molar-refractivity contribution in [3.05, 3.63) is 71.3 Å². The second-order valence-corrected chi connectivity index (χ2v) is 7.71. The number of carbonyl (C=O) groups is 1. The molecule has 2 atom stereocenters. The van der Waals surface area contributed by atoms with Crippen LogP contribution >= 0.6 is 11.8 Å². The summed E-state index contributed by atoms with van der Waals surface area (Å²) in [5.74, 6) is 0.233. The number of benzene rings is 2. The second-order valence-electron chi connectivity index (χ2n) is 6.60. The molecule has 1 aliphatic rings. The molecule has 28 heavy (non-hydrogen) atoms. The number of rotatable bonds is 4. The van der Waals surface area contributed by atoms with E-state index in [9.17, 15) is 9.18 Å². The Hall–Kier alpha value is -2.87. The maximum Gasteiger partial charge on any atom is 0.240 e. The maximum absolute atomic E-state index is 13.4. The predicted molar refractivity (Wildman–Crippen MR) is 107 cm³/mol. The third-order valence-corrected chi connectivity index (χ3v) is 5.93. The Morgan fingerprint density at radius 2 is 1.89 bits per heavy atom. The SMILES string of the molecule is CCc1ccc(NC(=O)[C@@H]2Sc3nnc(C)n3N[C@@H]2c2ccc(F)cc2)cc1. The van der Waals surface area contributed by atoms with Crippen LogP contribution < -0.4 is 10.7 Å². The van der Waals surface area contributed by atoms with Gasteiger partial charge in [-0.2, -0.15) is 0 Å². The molecule has 2 heterocycles. The quantitative estimate of drug-likeness (QED) is 0.703. The first-order chi connectivity index (χ1) is 13.5. The predicted octanol–water partition coefficient (Wildman–Crippen LogP) is 3.69. The highest BCUT2D eigenvalue weighted by Gasteiger charge is 2.37. The van der Waals surface area contributed by atoms with Gasteiger partial charge in [-0.05, 0) is 48.7 Å². The van der Waals surface area contributed by atoms with Crippen molar-refractivity contribution in [2.24, 2.45) is 0 Å². The Morgan fingerprint density at radius 3 is 2.57 bits per heavy atom. The summed E-state index contributed by atoms with van der Waals surface area (Å²) in [5.41, 5.74) is 6.07. The van der Waals surface area contributed by atoms with Gasteiger partial charge in [0, 0.05) is 5.69 Å². The van der Waals surface area contributed by atoms with Gasteiger partial charge in [0.2, 0.25) is 11.1 Å². The number of anilines is 1. The lowest BCUT2D eigenvalue weighted by atomic mass is 10.0. The lowest BCUT2D eigenvalue weighted by molar-refractivity contribution is -0.116. The van der Waals surface area contributed by atoms with Gasteiger partial charge in [-0.1, -0.05) is 43.0 Å². The number of hydrogen-bond donors (Lipinski definition) is 2. The van der Waals surface area contributed by atoms with E-state index in [1.54, 1.807) is 16.8 Å². The Labute approximate surface area is 166 Å². The van der Waals surface area contributed by atoms with Crippen LogP contribution in [0, 0.1) is 12.7 Å². The highest BCUT2D eigenvalue weighted by Crippen LogP contribution is 2.37. The molecule has 0 saturated heterocycles. The minimum Gasteiger partial charge on any atom is -0.325 e. The molecular weight excluding hydrogens is 377 g/mol. The van der Waals surface area contributed by atoms with Crippen LogP contribution in [0.4, 0.5) is 10.1 Å². The van der Waals surface area contributed by atoms with Crippen LogP contribution in [0.5, 0.6) is 0 Å².